The maximum absolute atomic E-state index is 12.1. The number of carbonyl (C=O) groups excluding carboxylic acids is 1. The van der Waals surface area contributed by atoms with Crippen molar-refractivity contribution < 1.29 is 4.79 Å². The third-order valence-electron chi connectivity index (χ3n) is 3.27. The number of nitrogens with one attached hydrogen (secondary N) is 1. The summed E-state index contributed by atoms with van der Waals surface area (Å²) in [7, 11) is 0. The van der Waals surface area contributed by atoms with Crippen LogP contribution >= 0.6 is 22.9 Å². The Kier molecular flexibility index (Phi) is 5.23. The van der Waals surface area contributed by atoms with Crippen molar-refractivity contribution in [3.8, 4) is 6.07 Å². The predicted octanol–water partition coefficient (Wildman–Crippen LogP) is 3.59. The Balaban J connectivity index is 1.74. The normalized spacial score (nSPS) is 11.1. The molecule has 1 amide bonds. The first-order valence-electron chi connectivity index (χ1n) is 7.24. The highest BCUT2D eigenvalue weighted by Crippen LogP contribution is 2.17. The van der Waals surface area contributed by atoms with Gasteiger partial charge < -0.3 is 0 Å². The number of hydrogen-bond donors (Lipinski definition) is 1. The van der Waals surface area contributed by atoms with Crippen molar-refractivity contribution in [1.82, 2.24) is 14.8 Å². The smallest absolute Gasteiger partial charge is 0.268 e. The SMILES string of the molecule is N#C/C(=C\c1cnn(Cc2ccccc2Cl)c1)C(=O)Nc1nccs1. The summed E-state index contributed by atoms with van der Waals surface area (Å²) in [5.74, 6) is -0.503. The molecule has 0 saturated carbocycles. The van der Waals surface area contributed by atoms with Crippen LogP contribution in [0.2, 0.25) is 5.02 Å². The first kappa shape index (κ1) is 16.9. The van der Waals surface area contributed by atoms with Crippen molar-refractivity contribution >= 4 is 40.1 Å². The molecule has 0 saturated heterocycles. The van der Waals surface area contributed by atoms with Crippen LogP contribution in [0.15, 0.2) is 53.8 Å². The average molecular weight is 370 g/mol. The van der Waals surface area contributed by atoms with Crippen molar-refractivity contribution in [3.63, 3.8) is 0 Å². The van der Waals surface area contributed by atoms with Gasteiger partial charge in [0.2, 0.25) is 0 Å². The largest absolute Gasteiger partial charge is 0.297 e. The van der Waals surface area contributed by atoms with Gasteiger partial charge in [-0.05, 0) is 17.7 Å². The van der Waals surface area contributed by atoms with Crippen molar-refractivity contribution in [2.75, 3.05) is 5.32 Å². The molecule has 0 aliphatic heterocycles. The number of hydrogen-bond acceptors (Lipinski definition) is 5. The second-order valence-electron chi connectivity index (χ2n) is 5.02. The molecule has 8 heteroatoms. The lowest BCUT2D eigenvalue weighted by atomic mass is 10.2. The molecule has 0 atom stereocenters. The fourth-order valence-corrected chi connectivity index (χ4v) is 2.83. The maximum atomic E-state index is 12.1. The lowest BCUT2D eigenvalue weighted by Gasteiger charge is -2.03. The molecule has 0 aliphatic rings. The molecule has 1 aromatic carbocycles. The molecule has 0 aliphatic carbocycles. The Bertz CT molecular complexity index is 956. The van der Waals surface area contributed by atoms with Gasteiger partial charge in [-0.25, -0.2) is 4.98 Å². The summed E-state index contributed by atoms with van der Waals surface area (Å²) >= 11 is 7.43. The Labute approximate surface area is 153 Å². The molecule has 0 spiro atoms. The van der Waals surface area contributed by atoms with Gasteiger partial charge >= 0.3 is 0 Å². The summed E-state index contributed by atoms with van der Waals surface area (Å²) in [4.78, 5) is 16.1. The number of aromatic nitrogens is 3. The molecule has 3 aromatic rings. The highest BCUT2D eigenvalue weighted by atomic mass is 35.5. The third-order valence-corrected chi connectivity index (χ3v) is 4.33. The van der Waals surface area contributed by atoms with E-state index in [9.17, 15) is 10.1 Å². The lowest BCUT2D eigenvalue weighted by molar-refractivity contribution is -0.112. The van der Waals surface area contributed by atoms with Crippen LogP contribution in [0.25, 0.3) is 6.08 Å². The van der Waals surface area contributed by atoms with E-state index in [4.69, 9.17) is 11.6 Å². The number of nitriles is 1. The van der Waals surface area contributed by atoms with Crippen molar-refractivity contribution in [2.45, 2.75) is 6.54 Å². The summed E-state index contributed by atoms with van der Waals surface area (Å²) in [6, 6.07) is 9.40. The first-order valence-corrected chi connectivity index (χ1v) is 8.50. The van der Waals surface area contributed by atoms with Gasteiger partial charge in [0.05, 0.1) is 12.7 Å². The molecule has 3 rings (SSSR count). The fraction of sp³-hybridized carbons (Fsp3) is 0.0588. The summed E-state index contributed by atoms with van der Waals surface area (Å²) in [5, 5.41) is 18.9. The van der Waals surface area contributed by atoms with Crippen LogP contribution in [-0.4, -0.2) is 20.7 Å². The average Bonchev–Trinajstić information content (AvgIpc) is 3.26. The number of rotatable bonds is 5. The molecular formula is C17H12ClN5OS. The number of halogens is 1. The van der Waals surface area contributed by atoms with Gasteiger partial charge in [-0.15, -0.1) is 11.3 Å². The summed E-state index contributed by atoms with van der Waals surface area (Å²) in [6.07, 6.45) is 6.40. The van der Waals surface area contributed by atoms with Crippen molar-refractivity contribution in [3.05, 3.63) is 70.0 Å². The predicted molar refractivity (Wildman–Crippen MR) is 97.1 cm³/mol. The monoisotopic (exact) mass is 369 g/mol. The summed E-state index contributed by atoms with van der Waals surface area (Å²) < 4.78 is 1.70. The van der Waals surface area contributed by atoms with Crippen molar-refractivity contribution in [1.29, 1.82) is 5.26 Å². The quantitative estimate of drug-likeness (QED) is 0.550. The van der Waals surface area contributed by atoms with Crippen LogP contribution in [0.4, 0.5) is 5.13 Å². The summed E-state index contributed by atoms with van der Waals surface area (Å²) in [6.45, 7) is 0.501. The molecule has 6 nitrogen and oxygen atoms in total. The van der Waals surface area contributed by atoms with E-state index in [0.29, 0.717) is 22.3 Å². The molecule has 0 fully saturated rings. The minimum Gasteiger partial charge on any atom is -0.297 e. The number of amides is 1. The van der Waals surface area contributed by atoms with Gasteiger partial charge in [-0.3, -0.25) is 14.8 Å². The topological polar surface area (TPSA) is 83.6 Å². The van der Waals surface area contributed by atoms with Crippen LogP contribution in [0.1, 0.15) is 11.1 Å². The molecule has 1 N–H and O–H groups in total. The van der Waals surface area contributed by atoms with E-state index in [1.165, 1.54) is 17.4 Å². The minimum absolute atomic E-state index is 0.0208. The Morgan fingerprint density at radius 2 is 2.28 bits per heavy atom. The van der Waals surface area contributed by atoms with E-state index in [2.05, 4.69) is 15.4 Å². The van der Waals surface area contributed by atoms with Crippen LogP contribution < -0.4 is 5.32 Å². The van der Waals surface area contributed by atoms with E-state index < -0.39 is 5.91 Å². The number of benzene rings is 1. The van der Waals surface area contributed by atoms with E-state index >= 15 is 0 Å². The first-order chi connectivity index (χ1) is 12.2. The van der Waals surface area contributed by atoms with E-state index in [1.807, 2.05) is 30.3 Å². The number of carbonyl (C=O) groups is 1. The third kappa shape index (κ3) is 4.32. The molecule has 2 aromatic heterocycles. The molecule has 2 heterocycles. The van der Waals surface area contributed by atoms with E-state index in [1.54, 1.807) is 28.7 Å². The Hall–Kier alpha value is -2.95. The molecular weight excluding hydrogens is 358 g/mol. The van der Waals surface area contributed by atoms with Gasteiger partial charge in [0.1, 0.15) is 11.6 Å². The minimum atomic E-state index is -0.503. The molecule has 25 heavy (non-hydrogen) atoms. The highest BCUT2D eigenvalue weighted by molar-refractivity contribution is 7.13. The zero-order valence-corrected chi connectivity index (χ0v) is 14.5. The number of nitrogens with zero attached hydrogens (tertiary/aromatic N) is 4. The second-order valence-corrected chi connectivity index (χ2v) is 6.33. The van der Waals surface area contributed by atoms with Crippen LogP contribution in [0.3, 0.4) is 0 Å². The van der Waals surface area contributed by atoms with Gasteiger partial charge in [0.25, 0.3) is 5.91 Å². The van der Waals surface area contributed by atoms with Gasteiger partial charge in [0.15, 0.2) is 5.13 Å². The Morgan fingerprint density at radius 1 is 1.44 bits per heavy atom. The van der Waals surface area contributed by atoms with Crippen molar-refractivity contribution in [2.24, 2.45) is 0 Å². The molecule has 0 unspecified atom stereocenters. The second kappa shape index (κ2) is 7.75. The zero-order chi connectivity index (χ0) is 17.6. The highest BCUT2D eigenvalue weighted by Gasteiger charge is 2.11. The standard InChI is InChI=1S/C17H12ClN5OS/c18-15-4-2-1-3-13(15)11-23-10-12(9-21-23)7-14(8-19)16(24)22-17-20-5-6-25-17/h1-7,9-10H,11H2,(H,20,22,24)/b14-7+. The van der Waals surface area contributed by atoms with Crippen LogP contribution in [0, 0.1) is 11.3 Å². The maximum Gasteiger partial charge on any atom is 0.268 e. The fourth-order valence-electron chi connectivity index (χ4n) is 2.11. The number of thiazole rings is 1. The lowest BCUT2D eigenvalue weighted by Crippen LogP contribution is -2.13. The van der Waals surface area contributed by atoms with E-state index in [0.717, 1.165) is 5.56 Å². The van der Waals surface area contributed by atoms with Gasteiger partial charge in [0, 0.05) is 28.4 Å². The molecule has 0 radical (unpaired) electrons. The summed E-state index contributed by atoms with van der Waals surface area (Å²) in [5.41, 5.74) is 1.57. The molecule has 124 valence electrons. The van der Waals surface area contributed by atoms with Crippen LogP contribution in [-0.2, 0) is 11.3 Å². The molecule has 0 bridgehead atoms. The van der Waals surface area contributed by atoms with Crippen LogP contribution in [0.5, 0.6) is 0 Å². The zero-order valence-electron chi connectivity index (χ0n) is 12.9. The Morgan fingerprint density at radius 3 is 3.00 bits per heavy atom. The van der Waals surface area contributed by atoms with E-state index in [-0.39, 0.29) is 5.57 Å². The van der Waals surface area contributed by atoms with Gasteiger partial charge in [-0.2, -0.15) is 10.4 Å². The van der Waals surface area contributed by atoms with Gasteiger partial charge in [-0.1, -0.05) is 29.8 Å². The number of anilines is 1.